The lowest BCUT2D eigenvalue weighted by molar-refractivity contribution is -0.478. The highest BCUT2D eigenvalue weighted by Gasteiger charge is 2.85. The average Bonchev–Trinajstić information content (AvgIpc) is 1.98. The standard InChI is InChI=1S/C5H2F10O2/c6-1(7,4(10,11)12)3(16,17)2(8,9)5(13,14)15/h16-17H. The summed E-state index contributed by atoms with van der Waals surface area (Å²) in [5, 5.41) is 15.7. The number of halogens is 10. The summed E-state index contributed by atoms with van der Waals surface area (Å²) in [6.45, 7) is 0. The molecule has 12 heteroatoms. The monoisotopic (exact) mass is 284 g/mol. The fourth-order valence-electron chi connectivity index (χ4n) is 0.592. The third-order valence-corrected chi connectivity index (χ3v) is 1.59. The molecule has 0 unspecified atom stereocenters. The normalized spacial score (nSPS) is 16.2. The van der Waals surface area contributed by atoms with Crippen molar-refractivity contribution >= 4 is 0 Å². The van der Waals surface area contributed by atoms with Crippen molar-refractivity contribution in [1.82, 2.24) is 0 Å². The van der Waals surface area contributed by atoms with Crippen LogP contribution in [-0.2, 0) is 0 Å². The minimum Gasteiger partial charge on any atom is -0.356 e. The van der Waals surface area contributed by atoms with Crippen LogP contribution in [0.2, 0.25) is 0 Å². The van der Waals surface area contributed by atoms with Gasteiger partial charge in [-0.15, -0.1) is 0 Å². The van der Waals surface area contributed by atoms with Gasteiger partial charge in [0, 0.05) is 0 Å². The Hall–Kier alpha value is -0.780. The zero-order chi connectivity index (χ0) is 14.5. The number of aliphatic hydroxyl groups is 2. The number of hydrogen-bond donors (Lipinski definition) is 2. The van der Waals surface area contributed by atoms with Gasteiger partial charge in [0.05, 0.1) is 0 Å². The van der Waals surface area contributed by atoms with Gasteiger partial charge in [0.1, 0.15) is 0 Å². The van der Waals surface area contributed by atoms with Crippen molar-refractivity contribution in [3.05, 3.63) is 0 Å². The summed E-state index contributed by atoms with van der Waals surface area (Å²) in [7, 11) is 0. The van der Waals surface area contributed by atoms with E-state index >= 15 is 0 Å². The van der Waals surface area contributed by atoms with Crippen molar-refractivity contribution in [2.24, 2.45) is 0 Å². The van der Waals surface area contributed by atoms with Gasteiger partial charge in [-0.05, 0) is 0 Å². The highest BCUT2D eigenvalue weighted by Crippen LogP contribution is 2.53. The molecule has 0 amide bonds. The predicted octanol–water partition coefficient (Wildman–Crippen LogP) is 2.06. The van der Waals surface area contributed by atoms with Gasteiger partial charge in [-0.3, -0.25) is 0 Å². The summed E-state index contributed by atoms with van der Waals surface area (Å²) in [4.78, 5) is 0. The predicted molar refractivity (Wildman–Crippen MR) is 29.2 cm³/mol. The molecule has 0 aromatic heterocycles. The Morgan fingerprint density at radius 3 is 0.765 bits per heavy atom. The zero-order valence-corrected chi connectivity index (χ0v) is 7.17. The highest BCUT2D eigenvalue weighted by atomic mass is 19.4. The Morgan fingerprint density at radius 2 is 0.647 bits per heavy atom. The van der Waals surface area contributed by atoms with Crippen LogP contribution in [0.15, 0.2) is 0 Å². The average molecular weight is 284 g/mol. The maximum Gasteiger partial charge on any atom is 0.459 e. The number of hydrogen-bond acceptors (Lipinski definition) is 2. The molecule has 2 N–H and O–H groups in total. The van der Waals surface area contributed by atoms with Gasteiger partial charge in [-0.1, -0.05) is 0 Å². The molecule has 0 aromatic carbocycles. The minimum absolute atomic E-state index is 6.66. The summed E-state index contributed by atoms with van der Waals surface area (Å²) in [6.07, 6.45) is -14.0. The molecule has 0 aliphatic rings. The summed E-state index contributed by atoms with van der Waals surface area (Å²) >= 11 is 0. The van der Waals surface area contributed by atoms with E-state index < -0.39 is 30.0 Å². The molecule has 17 heavy (non-hydrogen) atoms. The molecular formula is C5H2F10O2. The van der Waals surface area contributed by atoms with Crippen LogP contribution in [-0.4, -0.2) is 40.2 Å². The summed E-state index contributed by atoms with van der Waals surface area (Å²) in [5.41, 5.74) is 0. The molecule has 0 saturated heterocycles. The highest BCUT2D eigenvalue weighted by molar-refractivity contribution is 5.02. The Bertz CT molecular complexity index is 258. The lowest BCUT2D eigenvalue weighted by Crippen LogP contribution is -2.70. The van der Waals surface area contributed by atoms with E-state index in [4.69, 9.17) is 10.2 Å². The molecule has 0 rings (SSSR count). The zero-order valence-electron chi connectivity index (χ0n) is 7.17. The molecular weight excluding hydrogens is 282 g/mol. The molecule has 0 saturated carbocycles. The van der Waals surface area contributed by atoms with E-state index in [2.05, 4.69) is 0 Å². The Morgan fingerprint density at radius 1 is 0.471 bits per heavy atom. The minimum atomic E-state index is -7.08. The van der Waals surface area contributed by atoms with Crippen LogP contribution < -0.4 is 0 Å². The van der Waals surface area contributed by atoms with Crippen LogP contribution in [0, 0.1) is 0 Å². The lowest BCUT2D eigenvalue weighted by Gasteiger charge is -2.37. The first kappa shape index (κ1) is 16.2. The topological polar surface area (TPSA) is 40.5 Å². The second-order valence-electron chi connectivity index (χ2n) is 2.82. The summed E-state index contributed by atoms with van der Waals surface area (Å²) < 4.78 is 117. The van der Waals surface area contributed by atoms with E-state index in [9.17, 15) is 43.9 Å². The van der Waals surface area contributed by atoms with Crippen molar-refractivity contribution in [1.29, 1.82) is 0 Å². The summed E-state index contributed by atoms with van der Waals surface area (Å²) in [5.74, 6) is -20.8. The van der Waals surface area contributed by atoms with Crippen LogP contribution in [0.25, 0.3) is 0 Å². The Balaban J connectivity index is 5.73. The van der Waals surface area contributed by atoms with Crippen molar-refractivity contribution in [2.75, 3.05) is 0 Å². The quantitative estimate of drug-likeness (QED) is 0.602. The molecule has 104 valence electrons. The molecule has 0 atom stereocenters. The van der Waals surface area contributed by atoms with Crippen LogP contribution in [0.3, 0.4) is 0 Å². The molecule has 0 aliphatic heterocycles. The van der Waals surface area contributed by atoms with Gasteiger partial charge in [-0.2, -0.15) is 43.9 Å². The van der Waals surface area contributed by atoms with Gasteiger partial charge in [-0.25, -0.2) is 0 Å². The van der Waals surface area contributed by atoms with Gasteiger partial charge < -0.3 is 10.2 Å². The molecule has 0 radical (unpaired) electrons. The second-order valence-corrected chi connectivity index (χ2v) is 2.82. The van der Waals surface area contributed by atoms with Crippen LogP contribution in [0.4, 0.5) is 43.9 Å². The van der Waals surface area contributed by atoms with Gasteiger partial charge in [0.15, 0.2) is 0 Å². The SMILES string of the molecule is OC(O)(C(F)(F)C(F)(F)F)C(F)(F)C(F)(F)F. The van der Waals surface area contributed by atoms with Gasteiger partial charge in [0.25, 0.3) is 0 Å². The van der Waals surface area contributed by atoms with Crippen LogP contribution in [0.1, 0.15) is 0 Å². The molecule has 2 nitrogen and oxygen atoms in total. The number of alkyl halides is 10. The maximum absolute atomic E-state index is 12.1. The number of rotatable bonds is 2. The first-order valence-corrected chi connectivity index (χ1v) is 3.34. The van der Waals surface area contributed by atoms with E-state index in [0.29, 0.717) is 0 Å². The third-order valence-electron chi connectivity index (χ3n) is 1.59. The first-order chi connectivity index (χ1) is 7.00. The molecule has 0 heterocycles. The van der Waals surface area contributed by atoms with Crippen molar-refractivity contribution in [3.63, 3.8) is 0 Å². The molecule has 0 bridgehead atoms. The smallest absolute Gasteiger partial charge is 0.356 e. The second kappa shape index (κ2) is 3.60. The van der Waals surface area contributed by atoms with E-state index in [1.54, 1.807) is 0 Å². The fraction of sp³-hybridized carbons (Fsp3) is 1.00. The van der Waals surface area contributed by atoms with Crippen LogP contribution >= 0.6 is 0 Å². The lowest BCUT2D eigenvalue weighted by atomic mass is 10.0. The Kier molecular flexibility index (Phi) is 3.44. The van der Waals surface area contributed by atoms with Crippen molar-refractivity contribution < 1.29 is 54.1 Å². The van der Waals surface area contributed by atoms with Crippen LogP contribution in [0.5, 0.6) is 0 Å². The molecule has 0 aliphatic carbocycles. The van der Waals surface area contributed by atoms with E-state index in [0.717, 1.165) is 0 Å². The molecule has 0 aromatic rings. The van der Waals surface area contributed by atoms with Gasteiger partial charge in [0.2, 0.25) is 0 Å². The van der Waals surface area contributed by atoms with E-state index in [1.165, 1.54) is 0 Å². The molecule has 0 fully saturated rings. The molecule has 0 spiro atoms. The third kappa shape index (κ3) is 2.14. The van der Waals surface area contributed by atoms with Crippen molar-refractivity contribution in [3.8, 4) is 0 Å². The fourth-order valence-corrected chi connectivity index (χ4v) is 0.592. The van der Waals surface area contributed by atoms with E-state index in [-0.39, 0.29) is 0 Å². The van der Waals surface area contributed by atoms with Crippen molar-refractivity contribution in [2.45, 2.75) is 30.0 Å². The van der Waals surface area contributed by atoms with E-state index in [1.807, 2.05) is 0 Å². The Labute approximate surface area is 85.4 Å². The maximum atomic E-state index is 12.1. The largest absolute Gasteiger partial charge is 0.459 e. The summed E-state index contributed by atoms with van der Waals surface area (Å²) in [6, 6.07) is 0. The first-order valence-electron chi connectivity index (χ1n) is 3.34. The van der Waals surface area contributed by atoms with Gasteiger partial charge >= 0.3 is 30.0 Å².